The first kappa shape index (κ1) is 52.2. The Balaban J connectivity index is 0.932. The summed E-state index contributed by atoms with van der Waals surface area (Å²) in [7, 11) is -18.2. The summed E-state index contributed by atoms with van der Waals surface area (Å²) >= 11 is 0. The molecule has 25 nitrogen and oxygen atoms in total. The van der Waals surface area contributed by atoms with Crippen molar-refractivity contribution in [3.05, 3.63) is 139 Å². The van der Waals surface area contributed by atoms with Gasteiger partial charge in [-0.1, -0.05) is 18.2 Å². The van der Waals surface area contributed by atoms with Gasteiger partial charge in [0.05, 0.1) is 46.1 Å². The van der Waals surface area contributed by atoms with Crippen LogP contribution < -0.4 is 4.74 Å². The predicted molar refractivity (Wildman–Crippen MR) is 273 cm³/mol. The number of hydrogen-bond donors (Lipinski definition) is 5. The maximum atomic E-state index is 12.8. The molecule has 5 N–H and O–H groups in total. The highest BCUT2D eigenvalue weighted by Gasteiger charge is 2.25. The third-order valence-corrected chi connectivity index (χ3v) is 14.8. The maximum absolute atomic E-state index is 12.8. The van der Waals surface area contributed by atoms with Crippen molar-refractivity contribution >= 4 is 119 Å². The molecular weight excluding hydrogens is 1070 g/mol. The molecule has 0 atom stereocenters. The van der Waals surface area contributed by atoms with E-state index in [1.807, 2.05) is 6.92 Å². The molecule has 0 aliphatic carbocycles. The lowest BCUT2D eigenvalue weighted by Crippen LogP contribution is -2.04. The third-order valence-electron chi connectivity index (χ3n) is 11.3. The number of phenolic OH excluding ortho intramolecular Hbond substituents is 1. The Morgan fingerprint density at radius 1 is 0.474 bits per heavy atom. The van der Waals surface area contributed by atoms with Gasteiger partial charge in [0.1, 0.15) is 48.5 Å². The number of methoxy groups -OCH3 is 1. The van der Waals surface area contributed by atoms with Crippen molar-refractivity contribution in [3.63, 3.8) is 0 Å². The van der Waals surface area contributed by atoms with Crippen molar-refractivity contribution in [3.8, 4) is 17.2 Å². The lowest BCUT2D eigenvalue weighted by Gasteiger charge is -2.10. The van der Waals surface area contributed by atoms with Gasteiger partial charge < -0.3 is 9.84 Å². The first-order valence-electron chi connectivity index (χ1n) is 21.5. The second-order valence-corrected chi connectivity index (χ2v) is 22.0. The van der Waals surface area contributed by atoms with E-state index < -0.39 is 66.6 Å². The van der Waals surface area contributed by atoms with Crippen LogP contribution in [0.4, 0.5) is 45.5 Å². The van der Waals surface area contributed by atoms with Crippen LogP contribution >= 0.6 is 0 Å². The fraction of sp³-hybridized carbons (Fsp3) is 0.0638. The van der Waals surface area contributed by atoms with Gasteiger partial charge in [0, 0.05) is 22.2 Å². The van der Waals surface area contributed by atoms with E-state index in [0.29, 0.717) is 40.1 Å². The van der Waals surface area contributed by atoms with Gasteiger partial charge in [-0.05, 0) is 133 Å². The fourth-order valence-electron chi connectivity index (χ4n) is 7.62. The highest BCUT2D eigenvalue weighted by atomic mass is 32.2. The number of azo groups is 4. The fourth-order valence-corrected chi connectivity index (χ4v) is 10.2. The van der Waals surface area contributed by atoms with Crippen molar-refractivity contribution in [2.75, 3.05) is 7.11 Å². The van der Waals surface area contributed by atoms with Gasteiger partial charge >= 0.3 is 0 Å². The number of hydrogen-bond acceptors (Lipinski definition) is 20. The molecule has 0 radical (unpaired) electrons. The molecule has 9 rings (SSSR count). The van der Waals surface area contributed by atoms with E-state index in [9.17, 15) is 57.0 Å². The van der Waals surface area contributed by atoms with Crippen LogP contribution in [0, 0.1) is 13.8 Å². The topological polar surface area (TPSA) is 377 Å². The molecular formula is C47H35N11O14S4. The van der Waals surface area contributed by atoms with Crippen LogP contribution in [-0.4, -0.2) is 79.1 Å². The lowest BCUT2D eigenvalue weighted by atomic mass is 10.1. The Bertz CT molecular complexity index is 4510. The zero-order chi connectivity index (χ0) is 54.5. The number of rotatable bonds is 14. The molecule has 0 aliphatic heterocycles. The summed E-state index contributed by atoms with van der Waals surface area (Å²) in [4.78, 5) is -1.82. The molecule has 1 aromatic heterocycles. The second-order valence-electron chi connectivity index (χ2n) is 16.4. The molecule has 76 heavy (non-hydrogen) atoms. The van der Waals surface area contributed by atoms with Gasteiger partial charge in [0.25, 0.3) is 40.5 Å². The highest BCUT2D eigenvalue weighted by molar-refractivity contribution is 7.87. The monoisotopic (exact) mass is 1110 g/mol. The first-order chi connectivity index (χ1) is 35.8. The van der Waals surface area contributed by atoms with E-state index in [4.69, 9.17) is 4.74 Å². The molecule has 386 valence electrons. The Labute approximate surface area is 430 Å². The van der Waals surface area contributed by atoms with Crippen LogP contribution in [0.3, 0.4) is 0 Å². The van der Waals surface area contributed by atoms with Gasteiger partial charge in [-0.2, -0.15) is 64.0 Å². The largest absolute Gasteiger partial charge is 0.505 e. The smallest absolute Gasteiger partial charge is 0.296 e. The number of fused-ring (bicyclic) bond motifs is 4. The zero-order valence-corrected chi connectivity index (χ0v) is 42.4. The molecule has 0 amide bonds. The van der Waals surface area contributed by atoms with Crippen molar-refractivity contribution in [1.82, 2.24) is 15.0 Å². The SMILES string of the molecule is COc1cc(N=Nc2ccc(N=Nc3ccc(N=Nc4ccccc4S(=O)(=O)O)cc3C)c(C)c2)ccc1N=Nc1c(S(=O)(=O)O)cc2cc(-n3nc4ccc5c(S(=O)(=O)O)cc(S(=O)(=O)O)cc5c4n3)ccc2c1O. The Hall–Kier alpha value is -8.68. The van der Waals surface area contributed by atoms with E-state index in [1.54, 1.807) is 49.4 Å². The van der Waals surface area contributed by atoms with E-state index in [2.05, 4.69) is 51.1 Å². The van der Waals surface area contributed by atoms with E-state index in [1.165, 1.54) is 73.8 Å². The van der Waals surface area contributed by atoms with E-state index >= 15 is 0 Å². The van der Waals surface area contributed by atoms with Crippen molar-refractivity contribution in [2.45, 2.75) is 33.4 Å². The standard InChI is InChI=1S/C47H35N11O14S4/c1-25-18-28(8-14-36(25)51-52-37-15-9-29(19-26(37)2)50-54-39-6-4-5-7-42(39)74(63,64)65)48-49-30-10-16-38(41(22-30)72-3)53-55-46-44(76(69,70)71)21-27-20-31(11-12-33(27)47(46)59)58-56-40-17-13-34-35(45(40)57-58)23-32(73(60,61)62)24-43(34)75(66,67)68/h4-24,59H,1-3H3,(H,60,61,62)(H,63,64,65)(H,66,67,68)(H,69,70,71). The minimum Gasteiger partial charge on any atom is -0.505 e. The summed E-state index contributed by atoms with van der Waals surface area (Å²) in [5.74, 6) is -0.572. The zero-order valence-electron chi connectivity index (χ0n) is 39.1. The average Bonchev–Trinajstić information content (AvgIpc) is 3.82. The molecule has 0 saturated heterocycles. The molecule has 8 aromatic carbocycles. The number of aromatic nitrogens is 3. The quantitative estimate of drug-likeness (QED) is 0.0499. The normalized spacial score (nSPS) is 12.9. The molecule has 29 heteroatoms. The predicted octanol–water partition coefficient (Wildman–Crippen LogP) is 11.7. The molecule has 0 fully saturated rings. The number of aromatic hydroxyl groups is 1. The van der Waals surface area contributed by atoms with E-state index in [-0.39, 0.29) is 60.3 Å². The number of phenols is 1. The minimum absolute atomic E-state index is 0.0257. The molecule has 1 heterocycles. The average molecular weight is 1110 g/mol. The first-order valence-corrected chi connectivity index (χ1v) is 27.3. The van der Waals surface area contributed by atoms with Gasteiger partial charge in [0.15, 0.2) is 5.75 Å². The Morgan fingerprint density at radius 3 is 1.62 bits per heavy atom. The van der Waals surface area contributed by atoms with Crippen molar-refractivity contribution < 1.29 is 61.7 Å². The summed E-state index contributed by atoms with van der Waals surface area (Å²) in [6, 6.07) is 29.5. The van der Waals surface area contributed by atoms with Gasteiger partial charge in [-0.15, -0.1) is 25.5 Å². The summed E-state index contributed by atoms with van der Waals surface area (Å²) in [6.07, 6.45) is 0. The molecule has 9 aromatic rings. The molecule has 0 aliphatic rings. The summed E-state index contributed by atoms with van der Waals surface area (Å²) in [5, 5.41) is 53.5. The summed E-state index contributed by atoms with van der Waals surface area (Å²) < 4.78 is 142. The summed E-state index contributed by atoms with van der Waals surface area (Å²) in [6.45, 7) is 3.60. The van der Waals surface area contributed by atoms with Crippen LogP contribution in [-0.2, 0) is 40.5 Å². The number of nitrogens with zero attached hydrogens (tertiary/aromatic N) is 11. The molecule has 0 unspecified atom stereocenters. The number of benzene rings is 8. The highest BCUT2D eigenvalue weighted by Crippen LogP contribution is 2.43. The van der Waals surface area contributed by atoms with Crippen molar-refractivity contribution in [2.24, 2.45) is 40.9 Å². The Morgan fingerprint density at radius 2 is 1.03 bits per heavy atom. The molecule has 0 saturated carbocycles. The maximum Gasteiger partial charge on any atom is 0.296 e. The Kier molecular flexibility index (Phi) is 13.6. The summed E-state index contributed by atoms with van der Waals surface area (Å²) in [5.41, 5.74) is 3.32. The van der Waals surface area contributed by atoms with Gasteiger partial charge in [0.2, 0.25) is 0 Å². The van der Waals surface area contributed by atoms with Crippen LogP contribution in [0.25, 0.3) is 38.3 Å². The van der Waals surface area contributed by atoms with Crippen LogP contribution in [0.5, 0.6) is 11.5 Å². The van der Waals surface area contributed by atoms with Crippen LogP contribution in [0.15, 0.2) is 188 Å². The number of ether oxygens (including phenoxy) is 1. The van der Waals surface area contributed by atoms with Crippen LogP contribution in [0.1, 0.15) is 11.1 Å². The molecule has 0 bridgehead atoms. The number of aryl methyl sites for hydroxylation is 2. The molecule has 0 spiro atoms. The van der Waals surface area contributed by atoms with E-state index in [0.717, 1.165) is 22.5 Å². The minimum atomic E-state index is -5.09. The van der Waals surface area contributed by atoms with Crippen molar-refractivity contribution in [1.29, 1.82) is 0 Å². The second kappa shape index (κ2) is 19.9. The van der Waals surface area contributed by atoms with Gasteiger partial charge in [-0.25, -0.2) is 0 Å². The third kappa shape index (κ3) is 10.9. The van der Waals surface area contributed by atoms with Crippen LogP contribution in [0.2, 0.25) is 0 Å². The van der Waals surface area contributed by atoms with Gasteiger partial charge in [-0.3, -0.25) is 18.2 Å². The lowest BCUT2D eigenvalue weighted by molar-refractivity contribution is 0.416.